The molecule has 1 saturated heterocycles. The number of halogens is 1. The molecule has 1 aromatic heterocycles. The molecule has 0 aliphatic carbocycles. The zero-order valence-electron chi connectivity index (χ0n) is 9.83. The van der Waals surface area contributed by atoms with E-state index in [0.717, 1.165) is 23.6 Å². The maximum absolute atomic E-state index is 11.9. The van der Waals surface area contributed by atoms with E-state index >= 15 is 0 Å². The zero-order valence-corrected chi connectivity index (χ0v) is 10.6. The first kappa shape index (κ1) is 11.5. The predicted octanol–water partition coefficient (Wildman–Crippen LogP) is 1.63. The average molecular weight is 242 g/mol. The van der Waals surface area contributed by atoms with E-state index in [1.54, 1.807) is 0 Å². The number of hydrogen-bond donors (Lipinski definition) is 0. The Bertz CT molecular complexity index is 427. The number of carbonyl (C=O) groups is 1. The second kappa shape index (κ2) is 4.09. The molecule has 1 fully saturated rings. The Kier molecular flexibility index (Phi) is 2.93. The standard InChI is InChI=1S/C11H16ClN3O/c1-7-11(8(2)14(3)13-7)15-6-9(5-12)4-10(15)16/h9H,4-6H2,1-3H3. The van der Waals surface area contributed by atoms with E-state index in [0.29, 0.717) is 12.3 Å². The lowest BCUT2D eigenvalue weighted by molar-refractivity contribution is -0.117. The highest BCUT2D eigenvalue weighted by Crippen LogP contribution is 2.30. The van der Waals surface area contributed by atoms with Crippen LogP contribution in [0.25, 0.3) is 0 Å². The van der Waals surface area contributed by atoms with Crippen molar-refractivity contribution in [3.05, 3.63) is 11.4 Å². The summed E-state index contributed by atoms with van der Waals surface area (Å²) in [6, 6.07) is 0. The molecule has 0 N–H and O–H groups in total. The third-order valence-corrected chi connectivity index (χ3v) is 3.60. The van der Waals surface area contributed by atoms with E-state index in [1.807, 2.05) is 30.5 Å². The van der Waals surface area contributed by atoms with Crippen molar-refractivity contribution < 1.29 is 4.79 Å². The first-order valence-corrected chi connectivity index (χ1v) is 5.94. The summed E-state index contributed by atoms with van der Waals surface area (Å²) in [5.74, 6) is 0.971. The van der Waals surface area contributed by atoms with Gasteiger partial charge in [0.2, 0.25) is 5.91 Å². The lowest BCUT2D eigenvalue weighted by Crippen LogP contribution is -2.25. The molecule has 1 aliphatic rings. The van der Waals surface area contributed by atoms with Crippen LogP contribution in [0.15, 0.2) is 0 Å². The van der Waals surface area contributed by atoms with E-state index in [1.165, 1.54) is 0 Å². The molecule has 1 unspecified atom stereocenters. The van der Waals surface area contributed by atoms with Gasteiger partial charge in [-0.25, -0.2) is 0 Å². The van der Waals surface area contributed by atoms with Gasteiger partial charge in [-0.3, -0.25) is 9.48 Å². The van der Waals surface area contributed by atoms with Gasteiger partial charge in [0.15, 0.2) is 0 Å². The fraction of sp³-hybridized carbons (Fsp3) is 0.636. The van der Waals surface area contributed by atoms with Gasteiger partial charge in [0.1, 0.15) is 0 Å². The maximum Gasteiger partial charge on any atom is 0.227 e. The van der Waals surface area contributed by atoms with Gasteiger partial charge in [0, 0.05) is 25.9 Å². The fourth-order valence-electron chi connectivity index (χ4n) is 2.25. The summed E-state index contributed by atoms with van der Waals surface area (Å²) >= 11 is 5.81. The Morgan fingerprint density at radius 3 is 2.62 bits per heavy atom. The van der Waals surface area contributed by atoms with Gasteiger partial charge in [0.25, 0.3) is 0 Å². The minimum atomic E-state index is 0.157. The molecule has 2 rings (SSSR count). The highest BCUT2D eigenvalue weighted by Gasteiger charge is 2.32. The first-order valence-electron chi connectivity index (χ1n) is 5.41. The van der Waals surface area contributed by atoms with Crippen LogP contribution in [0, 0.1) is 19.8 Å². The third kappa shape index (κ3) is 1.71. The van der Waals surface area contributed by atoms with Crippen LogP contribution in [0.2, 0.25) is 0 Å². The minimum Gasteiger partial charge on any atom is -0.309 e. The Balaban J connectivity index is 2.34. The molecular formula is C11H16ClN3O. The van der Waals surface area contributed by atoms with E-state index in [9.17, 15) is 4.79 Å². The predicted molar refractivity (Wildman–Crippen MR) is 63.9 cm³/mol. The average Bonchev–Trinajstić information content (AvgIpc) is 2.70. The van der Waals surface area contributed by atoms with Crippen LogP contribution in [-0.4, -0.2) is 28.1 Å². The number of rotatable bonds is 2. The van der Waals surface area contributed by atoms with Crippen molar-refractivity contribution >= 4 is 23.2 Å². The molecular weight excluding hydrogens is 226 g/mol. The fourth-order valence-corrected chi connectivity index (χ4v) is 2.46. The molecule has 0 spiro atoms. The lowest BCUT2D eigenvalue weighted by Gasteiger charge is -2.16. The number of hydrogen-bond acceptors (Lipinski definition) is 2. The van der Waals surface area contributed by atoms with E-state index in [4.69, 9.17) is 11.6 Å². The molecule has 1 amide bonds. The minimum absolute atomic E-state index is 0.157. The molecule has 16 heavy (non-hydrogen) atoms. The SMILES string of the molecule is Cc1nn(C)c(C)c1N1CC(CCl)CC1=O. The van der Waals surface area contributed by atoms with Crippen LogP contribution < -0.4 is 4.90 Å². The number of anilines is 1. The first-order chi connectivity index (χ1) is 7.54. The van der Waals surface area contributed by atoms with Crippen LogP contribution in [0.4, 0.5) is 5.69 Å². The van der Waals surface area contributed by atoms with Crippen LogP contribution in [-0.2, 0) is 11.8 Å². The van der Waals surface area contributed by atoms with Gasteiger partial charge in [0.05, 0.1) is 17.1 Å². The maximum atomic E-state index is 11.9. The molecule has 0 radical (unpaired) electrons. The van der Waals surface area contributed by atoms with Gasteiger partial charge in [-0.15, -0.1) is 11.6 Å². The van der Waals surface area contributed by atoms with E-state index in [-0.39, 0.29) is 11.8 Å². The second-order valence-electron chi connectivity index (χ2n) is 4.37. The Hall–Kier alpha value is -1.03. The van der Waals surface area contributed by atoms with E-state index < -0.39 is 0 Å². The van der Waals surface area contributed by atoms with Crippen LogP contribution in [0.5, 0.6) is 0 Å². The van der Waals surface area contributed by atoms with Crippen molar-refractivity contribution in [3.8, 4) is 0 Å². The van der Waals surface area contributed by atoms with Crippen molar-refractivity contribution in [2.24, 2.45) is 13.0 Å². The molecule has 88 valence electrons. The summed E-state index contributed by atoms with van der Waals surface area (Å²) in [5.41, 5.74) is 2.89. The lowest BCUT2D eigenvalue weighted by atomic mass is 10.1. The number of alkyl halides is 1. The summed E-state index contributed by atoms with van der Waals surface area (Å²) in [6.07, 6.45) is 0.553. The molecule has 0 bridgehead atoms. The van der Waals surface area contributed by atoms with Gasteiger partial charge in [-0.2, -0.15) is 5.10 Å². The van der Waals surface area contributed by atoms with Crippen molar-refractivity contribution in [2.75, 3.05) is 17.3 Å². The smallest absolute Gasteiger partial charge is 0.227 e. The monoisotopic (exact) mass is 241 g/mol. The van der Waals surface area contributed by atoms with Crippen LogP contribution >= 0.6 is 11.6 Å². The molecule has 0 saturated carbocycles. The summed E-state index contributed by atoms with van der Waals surface area (Å²) in [7, 11) is 1.89. The van der Waals surface area contributed by atoms with E-state index in [2.05, 4.69) is 5.10 Å². The number of amides is 1. The number of nitrogens with zero attached hydrogens (tertiary/aromatic N) is 3. The quantitative estimate of drug-likeness (QED) is 0.739. The summed E-state index contributed by atoms with van der Waals surface area (Å²) in [6.45, 7) is 4.63. The van der Waals surface area contributed by atoms with Crippen molar-refractivity contribution in [3.63, 3.8) is 0 Å². The summed E-state index contributed by atoms with van der Waals surface area (Å²) < 4.78 is 1.81. The van der Waals surface area contributed by atoms with Gasteiger partial charge < -0.3 is 4.90 Å². The van der Waals surface area contributed by atoms with Crippen LogP contribution in [0.1, 0.15) is 17.8 Å². The zero-order chi connectivity index (χ0) is 11.9. The largest absolute Gasteiger partial charge is 0.309 e. The van der Waals surface area contributed by atoms with Gasteiger partial charge >= 0.3 is 0 Å². The highest BCUT2D eigenvalue weighted by molar-refractivity contribution is 6.18. The number of aromatic nitrogens is 2. The number of carbonyl (C=O) groups excluding carboxylic acids is 1. The van der Waals surface area contributed by atoms with Crippen molar-refractivity contribution in [1.82, 2.24) is 9.78 Å². The van der Waals surface area contributed by atoms with Crippen LogP contribution in [0.3, 0.4) is 0 Å². The Labute approximate surface area is 100 Å². The topological polar surface area (TPSA) is 38.1 Å². The Morgan fingerprint density at radius 1 is 1.50 bits per heavy atom. The molecule has 1 aromatic rings. The van der Waals surface area contributed by atoms with Gasteiger partial charge in [-0.1, -0.05) is 0 Å². The molecule has 5 heteroatoms. The summed E-state index contributed by atoms with van der Waals surface area (Å²) in [5, 5.41) is 4.33. The molecule has 4 nitrogen and oxygen atoms in total. The van der Waals surface area contributed by atoms with Crippen molar-refractivity contribution in [2.45, 2.75) is 20.3 Å². The Morgan fingerprint density at radius 2 is 2.19 bits per heavy atom. The number of aryl methyl sites for hydroxylation is 2. The molecule has 0 aromatic carbocycles. The molecule has 1 atom stereocenters. The molecule has 1 aliphatic heterocycles. The van der Waals surface area contributed by atoms with Crippen molar-refractivity contribution in [1.29, 1.82) is 0 Å². The highest BCUT2D eigenvalue weighted by atomic mass is 35.5. The third-order valence-electron chi connectivity index (χ3n) is 3.16. The van der Waals surface area contributed by atoms with Gasteiger partial charge in [-0.05, 0) is 19.8 Å². The summed E-state index contributed by atoms with van der Waals surface area (Å²) in [4.78, 5) is 13.7. The molecule has 2 heterocycles. The normalized spacial score (nSPS) is 20.9. The second-order valence-corrected chi connectivity index (χ2v) is 4.68.